The number of aromatic nitrogens is 4. The summed E-state index contributed by atoms with van der Waals surface area (Å²) in [5, 5.41) is 8.09. The van der Waals surface area contributed by atoms with Crippen LogP contribution >= 0.6 is 0 Å². The van der Waals surface area contributed by atoms with Gasteiger partial charge in [0.2, 0.25) is 5.95 Å². The lowest BCUT2D eigenvalue weighted by Gasteiger charge is -2.23. The average Bonchev–Trinajstić information content (AvgIpc) is 4.06. The van der Waals surface area contributed by atoms with Gasteiger partial charge in [0.25, 0.3) is 0 Å². The van der Waals surface area contributed by atoms with Gasteiger partial charge < -0.3 is 8.98 Å². The van der Waals surface area contributed by atoms with Crippen LogP contribution in [0.1, 0.15) is 25.0 Å². The Hall–Kier alpha value is -8.28. The normalized spacial score (nSPS) is 13.3. The number of hydrogen-bond acceptors (Lipinski definition) is 3. The molecule has 9 aromatic carbocycles. The first kappa shape index (κ1) is 35.3. The predicted octanol–water partition coefficient (Wildman–Crippen LogP) is 15.4. The van der Waals surface area contributed by atoms with Crippen LogP contribution in [0.4, 0.5) is 0 Å². The minimum Gasteiger partial charge on any atom is -0.456 e. The molecule has 0 spiro atoms. The summed E-state index contributed by atoms with van der Waals surface area (Å²) < 4.78 is 11.0. The molecule has 0 aliphatic heterocycles. The molecule has 5 heteroatoms. The van der Waals surface area contributed by atoms with Crippen LogP contribution in [-0.4, -0.2) is 19.1 Å². The summed E-state index contributed by atoms with van der Waals surface area (Å²) in [5.74, 6) is 0.646. The SMILES string of the molecule is CC1(C)c2ccccc2-c2c1c1c3ccccc3n(-c3nc(-c4ccc(-c5ccc6oc7ccccc7c6c5)cc4)c4ccccc4n3)c1c1c3ccccc3n(-c3ccccc3)c21. The second-order valence-electron chi connectivity index (χ2n) is 17.7. The van der Waals surface area contributed by atoms with Gasteiger partial charge >= 0.3 is 0 Å². The fraction of sp³-hybridized carbons (Fsp3) is 0.0508. The summed E-state index contributed by atoms with van der Waals surface area (Å²) in [4.78, 5) is 11.1. The van der Waals surface area contributed by atoms with E-state index in [2.05, 4.69) is 205 Å². The fourth-order valence-electron chi connectivity index (χ4n) is 11.1. The molecule has 4 heterocycles. The molecule has 5 nitrogen and oxygen atoms in total. The Morgan fingerprint density at radius 1 is 0.453 bits per heavy atom. The number of para-hydroxylation sites is 5. The zero-order valence-corrected chi connectivity index (χ0v) is 35.2. The Labute approximate surface area is 368 Å². The molecule has 0 amide bonds. The Morgan fingerprint density at radius 3 is 1.88 bits per heavy atom. The molecule has 13 aromatic rings. The van der Waals surface area contributed by atoms with Gasteiger partial charge in [-0.2, -0.15) is 0 Å². The molecule has 0 atom stereocenters. The third-order valence-electron chi connectivity index (χ3n) is 13.9. The Balaban J connectivity index is 1.07. The summed E-state index contributed by atoms with van der Waals surface area (Å²) in [5.41, 5.74) is 17.6. The molecule has 4 aromatic heterocycles. The van der Waals surface area contributed by atoms with Crippen LogP contribution in [0.5, 0.6) is 0 Å². The van der Waals surface area contributed by atoms with Crippen LogP contribution in [0.15, 0.2) is 199 Å². The third-order valence-corrected chi connectivity index (χ3v) is 13.9. The molecule has 0 unspecified atom stereocenters. The molecule has 0 fully saturated rings. The topological polar surface area (TPSA) is 48.8 Å². The van der Waals surface area contributed by atoms with Gasteiger partial charge in [-0.15, -0.1) is 0 Å². The van der Waals surface area contributed by atoms with Gasteiger partial charge in [-0.25, -0.2) is 9.97 Å². The highest BCUT2D eigenvalue weighted by molar-refractivity contribution is 6.31. The summed E-state index contributed by atoms with van der Waals surface area (Å²) in [7, 11) is 0. The van der Waals surface area contributed by atoms with Crippen molar-refractivity contribution < 1.29 is 4.42 Å². The Bertz CT molecular complexity index is 4090. The molecule has 0 radical (unpaired) electrons. The first-order chi connectivity index (χ1) is 31.5. The van der Waals surface area contributed by atoms with Gasteiger partial charge in [-0.05, 0) is 76.3 Å². The van der Waals surface area contributed by atoms with E-state index in [9.17, 15) is 0 Å². The lowest BCUT2D eigenvalue weighted by molar-refractivity contribution is 0.667. The number of fused-ring (bicyclic) bond motifs is 16. The van der Waals surface area contributed by atoms with Crippen LogP contribution in [0.3, 0.4) is 0 Å². The van der Waals surface area contributed by atoms with E-state index < -0.39 is 0 Å². The summed E-state index contributed by atoms with van der Waals surface area (Å²) in [6, 6.07) is 69.5. The molecule has 0 saturated heterocycles. The lowest BCUT2D eigenvalue weighted by atomic mass is 9.80. The monoisotopic (exact) mass is 818 g/mol. The van der Waals surface area contributed by atoms with E-state index in [-0.39, 0.29) is 5.41 Å². The van der Waals surface area contributed by atoms with Crippen molar-refractivity contribution in [2.24, 2.45) is 0 Å². The van der Waals surface area contributed by atoms with Gasteiger partial charge in [0, 0.05) is 59.9 Å². The smallest absolute Gasteiger partial charge is 0.235 e. The van der Waals surface area contributed by atoms with Crippen LogP contribution in [0.2, 0.25) is 0 Å². The number of rotatable bonds is 4. The van der Waals surface area contributed by atoms with E-state index in [0.717, 1.165) is 77.5 Å². The zero-order chi connectivity index (χ0) is 42.3. The second-order valence-corrected chi connectivity index (χ2v) is 17.7. The Morgan fingerprint density at radius 2 is 1.06 bits per heavy atom. The number of nitrogens with zero attached hydrogens (tertiary/aromatic N) is 4. The zero-order valence-electron chi connectivity index (χ0n) is 35.2. The molecule has 64 heavy (non-hydrogen) atoms. The van der Waals surface area contributed by atoms with Gasteiger partial charge in [0.15, 0.2) is 0 Å². The Kier molecular flexibility index (Phi) is 7.11. The molecule has 300 valence electrons. The summed E-state index contributed by atoms with van der Waals surface area (Å²) in [6.07, 6.45) is 0. The van der Waals surface area contributed by atoms with E-state index >= 15 is 0 Å². The molecular formula is C59H38N4O. The molecule has 0 bridgehead atoms. The molecule has 0 saturated carbocycles. The molecule has 0 N–H and O–H groups in total. The van der Waals surface area contributed by atoms with Crippen LogP contribution in [0, 0.1) is 0 Å². The highest BCUT2D eigenvalue weighted by Crippen LogP contribution is 2.58. The van der Waals surface area contributed by atoms with E-state index in [0.29, 0.717) is 5.95 Å². The predicted molar refractivity (Wildman–Crippen MR) is 264 cm³/mol. The van der Waals surface area contributed by atoms with Crippen molar-refractivity contribution in [3.8, 4) is 45.1 Å². The van der Waals surface area contributed by atoms with Gasteiger partial charge in [0.1, 0.15) is 11.2 Å². The van der Waals surface area contributed by atoms with Gasteiger partial charge in [0.05, 0.1) is 33.3 Å². The minimum atomic E-state index is -0.294. The average molecular weight is 819 g/mol. The van der Waals surface area contributed by atoms with E-state index in [1.165, 1.54) is 49.3 Å². The highest BCUT2D eigenvalue weighted by Gasteiger charge is 2.41. The minimum absolute atomic E-state index is 0.294. The van der Waals surface area contributed by atoms with Crippen molar-refractivity contribution in [1.82, 2.24) is 19.1 Å². The van der Waals surface area contributed by atoms with Crippen molar-refractivity contribution in [2.75, 3.05) is 0 Å². The molecule has 14 rings (SSSR count). The standard InChI is InChI=1S/C59H38N4O/c1-59(2)45-23-11-6-19-40(45)51-54(59)52-42-21-8-14-26-48(42)63(57(52)53-43-22-9-13-25-47(43)62(56(51)53)38-16-4-3-5-17-38)58-60-46-24-12-7-20-41(46)55(61-58)36-30-28-35(29-31-36)37-32-33-50-44(34-37)39-18-10-15-27-49(39)64-50/h3-34H,1-2H3. The molecule has 1 aliphatic rings. The number of furan rings is 1. The quantitative estimate of drug-likeness (QED) is 0.178. The van der Waals surface area contributed by atoms with Gasteiger partial charge in [-0.3, -0.25) is 4.57 Å². The van der Waals surface area contributed by atoms with E-state index in [1.54, 1.807) is 0 Å². The number of benzene rings is 9. The van der Waals surface area contributed by atoms with Crippen LogP contribution < -0.4 is 0 Å². The maximum atomic E-state index is 6.15. The van der Waals surface area contributed by atoms with Crippen LogP contribution in [0.25, 0.3) is 122 Å². The summed E-state index contributed by atoms with van der Waals surface area (Å²) in [6.45, 7) is 4.79. The molecular weight excluding hydrogens is 781 g/mol. The van der Waals surface area contributed by atoms with Crippen molar-refractivity contribution in [3.05, 3.63) is 205 Å². The first-order valence-corrected chi connectivity index (χ1v) is 22.0. The van der Waals surface area contributed by atoms with E-state index in [4.69, 9.17) is 14.4 Å². The van der Waals surface area contributed by atoms with Crippen molar-refractivity contribution in [1.29, 1.82) is 0 Å². The van der Waals surface area contributed by atoms with Crippen molar-refractivity contribution in [3.63, 3.8) is 0 Å². The van der Waals surface area contributed by atoms with Crippen LogP contribution in [-0.2, 0) is 5.41 Å². The highest BCUT2D eigenvalue weighted by atomic mass is 16.3. The lowest BCUT2D eigenvalue weighted by Crippen LogP contribution is -2.15. The molecule has 1 aliphatic carbocycles. The number of hydrogen-bond donors (Lipinski definition) is 0. The second kappa shape index (κ2) is 12.9. The maximum absolute atomic E-state index is 6.15. The van der Waals surface area contributed by atoms with Gasteiger partial charge in [-0.1, -0.05) is 159 Å². The largest absolute Gasteiger partial charge is 0.456 e. The maximum Gasteiger partial charge on any atom is 0.235 e. The van der Waals surface area contributed by atoms with Crippen molar-refractivity contribution in [2.45, 2.75) is 19.3 Å². The first-order valence-electron chi connectivity index (χ1n) is 22.0. The van der Waals surface area contributed by atoms with Crippen molar-refractivity contribution >= 4 is 76.5 Å². The summed E-state index contributed by atoms with van der Waals surface area (Å²) >= 11 is 0. The third kappa shape index (κ3) is 4.73. The fourth-order valence-corrected chi connectivity index (χ4v) is 11.1. The van der Waals surface area contributed by atoms with E-state index in [1.807, 2.05) is 12.1 Å².